The van der Waals surface area contributed by atoms with E-state index in [0.717, 1.165) is 24.1 Å². The number of hydrogen-bond acceptors (Lipinski definition) is 3. The quantitative estimate of drug-likeness (QED) is 0.893. The summed E-state index contributed by atoms with van der Waals surface area (Å²) in [6, 6.07) is 8.72. The zero-order valence-electron chi connectivity index (χ0n) is 12.6. The minimum Gasteiger partial charge on any atom is -0.496 e. The van der Waals surface area contributed by atoms with Gasteiger partial charge in [-0.25, -0.2) is 0 Å². The molecule has 0 aromatic heterocycles. The lowest BCUT2D eigenvalue weighted by atomic mass is 10.0. The van der Waals surface area contributed by atoms with Gasteiger partial charge in [-0.2, -0.15) is 0 Å². The normalized spacial score (nSPS) is 27.5. The van der Waals surface area contributed by atoms with Crippen molar-refractivity contribution in [2.24, 2.45) is 11.8 Å². The van der Waals surface area contributed by atoms with Gasteiger partial charge in [-0.3, -0.25) is 0 Å². The zero-order chi connectivity index (χ0) is 13.9. The lowest BCUT2D eigenvalue weighted by Crippen LogP contribution is -2.33. The molecule has 0 amide bonds. The summed E-state index contributed by atoms with van der Waals surface area (Å²) >= 11 is 0. The van der Waals surface area contributed by atoms with Crippen molar-refractivity contribution in [2.45, 2.75) is 25.3 Å². The van der Waals surface area contributed by atoms with E-state index in [0.29, 0.717) is 6.04 Å². The molecule has 0 spiro atoms. The number of nitrogens with one attached hydrogen (secondary N) is 1. The standard InChI is InChI=1S/C17H26N2O/c1-18-16(15-8-3-4-9-17(15)20-2)12-19-10-13-6-5-7-14(13)11-19/h3-4,8-9,13-14,16,18H,5-7,10-12H2,1-2H3. The molecule has 2 fully saturated rings. The van der Waals surface area contributed by atoms with Crippen LogP contribution in [0.2, 0.25) is 0 Å². The summed E-state index contributed by atoms with van der Waals surface area (Å²) in [4.78, 5) is 2.64. The lowest BCUT2D eigenvalue weighted by Gasteiger charge is -2.25. The first-order valence-electron chi connectivity index (χ1n) is 7.84. The van der Waals surface area contributed by atoms with Crippen molar-refractivity contribution in [1.29, 1.82) is 0 Å². The summed E-state index contributed by atoms with van der Waals surface area (Å²) < 4.78 is 5.51. The topological polar surface area (TPSA) is 24.5 Å². The van der Waals surface area contributed by atoms with Crippen LogP contribution in [0.5, 0.6) is 5.75 Å². The Morgan fingerprint density at radius 3 is 2.60 bits per heavy atom. The van der Waals surface area contributed by atoms with Crippen molar-refractivity contribution in [3.63, 3.8) is 0 Å². The van der Waals surface area contributed by atoms with E-state index in [1.807, 2.05) is 13.1 Å². The van der Waals surface area contributed by atoms with Crippen LogP contribution in [0.3, 0.4) is 0 Å². The van der Waals surface area contributed by atoms with Gasteiger partial charge in [0.2, 0.25) is 0 Å². The predicted molar refractivity (Wildman–Crippen MR) is 82.1 cm³/mol. The Hall–Kier alpha value is -1.06. The second-order valence-electron chi connectivity index (χ2n) is 6.25. The number of nitrogens with zero attached hydrogens (tertiary/aromatic N) is 1. The molecule has 1 aromatic rings. The largest absolute Gasteiger partial charge is 0.496 e. The fourth-order valence-electron chi connectivity index (χ4n) is 4.04. The number of methoxy groups -OCH3 is 1. The molecular formula is C17H26N2O. The summed E-state index contributed by atoms with van der Waals surface area (Å²) in [5.74, 6) is 2.92. The molecule has 2 aliphatic rings. The van der Waals surface area contributed by atoms with Crippen molar-refractivity contribution in [1.82, 2.24) is 10.2 Å². The van der Waals surface area contributed by atoms with Gasteiger partial charge in [0.15, 0.2) is 0 Å². The van der Waals surface area contributed by atoms with Gasteiger partial charge in [-0.05, 0) is 37.8 Å². The third-order valence-electron chi connectivity index (χ3n) is 5.11. The van der Waals surface area contributed by atoms with Crippen LogP contribution >= 0.6 is 0 Å². The Bertz CT molecular complexity index is 436. The van der Waals surface area contributed by atoms with E-state index in [4.69, 9.17) is 4.74 Å². The van der Waals surface area contributed by atoms with Gasteiger partial charge in [-0.1, -0.05) is 24.6 Å². The molecule has 1 aliphatic carbocycles. The number of likely N-dealkylation sites (tertiary alicyclic amines) is 1. The molecule has 0 bridgehead atoms. The maximum atomic E-state index is 5.51. The van der Waals surface area contributed by atoms with E-state index in [-0.39, 0.29) is 0 Å². The fourth-order valence-corrected chi connectivity index (χ4v) is 4.04. The Morgan fingerprint density at radius 1 is 1.25 bits per heavy atom. The van der Waals surface area contributed by atoms with E-state index < -0.39 is 0 Å². The number of para-hydroxylation sites is 1. The number of ether oxygens (including phenoxy) is 1. The molecule has 0 radical (unpaired) electrons. The van der Waals surface area contributed by atoms with Crippen LogP contribution in [0, 0.1) is 11.8 Å². The molecular weight excluding hydrogens is 248 g/mol. The monoisotopic (exact) mass is 274 g/mol. The number of rotatable bonds is 5. The van der Waals surface area contributed by atoms with Crippen LogP contribution in [0.4, 0.5) is 0 Å². The number of benzene rings is 1. The summed E-state index contributed by atoms with van der Waals surface area (Å²) in [6.45, 7) is 3.67. The Balaban J connectivity index is 1.68. The SMILES string of the molecule is CNC(CN1CC2CCCC2C1)c1ccccc1OC. The predicted octanol–water partition coefficient (Wildman–Crippen LogP) is 2.69. The zero-order valence-corrected chi connectivity index (χ0v) is 12.6. The highest BCUT2D eigenvalue weighted by atomic mass is 16.5. The second kappa shape index (κ2) is 6.15. The van der Waals surface area contributed by atoms with Crippen LogP contribution < -0.4 is 10.1 Å². The molecule has 1 aliphatic heterocycles. The van der Waals surface area contributed by atoms with Gasteiger partial charge in [0.05, 0.1) is 7.11 Å². The third-order valence-corrected chi connectivity index (χ3v) is 5.11. The molecule has 1 saturated carbocycles. The molecule has 3 atom stereocenters. The molecule has 1 heterocycles. The Labute approximate surface area is 122 Å². The van der Waals surface area contributed by atoms with Gasteiger partial charge in [-0.15, -0.1) is 0 Å². The number of fused-ring (bicyclic) bond motifs is 1. The molecule has 110 valence electrons. The van der Waals surface area contributed by atoms with Gasteiger partial charge < -0.3 is 15.0 Å². The van der Waals surface area contributed by atoms with Crippen LogP contribution in [0.25, 0.3) is 0 Å². The summed E-state index contributed by atoms with van der Waals surface area (Å²) in [5, 5.41) is 3.46. The summed E-state index contributed by atoms with van der Waals surface area (Å²) in [5.41, 5.74) is 1.27. The van der Waals surface area contributed by atoms with E-state index in [9.17, 15) is 0 Å². The van der Waals surface area contributed by atoms with E-state index in [1.54, 1.807) is 7.11 Å². The van der Waals surface area contributed by atoms with Gasteiger partial charge in [0, 0.05) is 31.2 Å². The van der Waals surface area contributed by atoms with Crippen molar-refractivity contribution in [3.05, 3.63) is 29.8 Å². The molecule has 20 heavy (non-hydrogen) atoms. The van der Waals surface area contributed by atoms with E-state index >= 15 is 0 Å². The van der Waals surface area contributed by atoms with Crippen LogP contribution in [0.1, 0.15) is 30.9 Å². The van der Waals surface area contributed by atoms with Crippen molar-refractivity contribution >= 4 is 0 Å². The molecule has 3 unspecified atom stereocenters. The molecule has 1 N–H and O–H groups in total. The minimum atomic E-state index is 0.352. The third kappa shape index (κ3) is 2.70. The van der Waals surface area contributed by atoms with Crippen LogP contribution in [-0.2, 0) is 0 Å². The van der Waals surface area contributed by atoms with Gasteiger partial charge in [0.25, 0.3) is 0 Å². The Kier molecular flexibility index (Phi) is 4.27. The first kappa shape index (κ1) is 13.9. The summed E-state index contributed by atoms with van der Waals surface area (Å²) in [7, 11) is 3.81. The maximum Gasteiger partial charge on any atom is 0.123 e. The minimum absolute atomic E-state index is 0.352. The first-order valence-corrected chi connectivity index (χ1v) is 7.84. The second-order valence-corrected chi connectivity index (χ2v) is 6.25. The highest BCUT2D eigenvalue weighted by Crippen LogP contribution is 2.38. The van der Waals surface area contributed by atoms with E-state index in [1.165, 1.54) is 37.9 Å². The van der Waals surface area contributed by atoms with Crippen LogP contribution in [-0.4, -0.2) is 38.7 Å². The highest BCUT2D eigenvalue weighted by molar-refractivity contribution is 5.36. The molecule has 1 aromatic carbocycles. The average Bonchev–Trinajstić information content (AvgIpc) is 3.05. The lowest BCUT2D eigenvalue weighted by molar-refractivity contribution is 0.274. The fraction of sp³-hybridized carbons (Fsp3) is 0.647. The first-order chi connectivity index (χ1) is 9.81. The van der Waals surface area contributed by atoms with Crippen molar-refractivity contribution < 1.29 is 4.74 Å². The van der Waals surface area contributed by atoms with Gasteiger partial charge >= 0.3 is 0 Å². The van der Waals surface area contributed by atoms with E-state index in [2.05, 4.69) is 28.4 Å². The van der Waals surface area contributed by atoms with Crippen molar-refractivity contribution in [2.75, 3.05) is 33.8 Å². The van der Waals surface area contributed by atoms with Gasteiger partial charge in [0.1, 0.15) is 5.75 Å². The molecule has 1 saturated heterocycles. The highest BCUT2D eigenvalue weighted by Gasteiger charge is 2.36. The van der Waals surface area contributed by atoms with Crippen LogP contribution in [0.15, 0.2) is 24.3 Å². The smallest absolute Gasteiger partial charge is 0.123 e. The molecule has 3 nitrogen and oxygen atoms in total. The molecule has 3 heteroatoms. The number of hydrogen-bond donors (Lipinski definition) is 1. The molecule has 3 rings (SSSR count). The Morgan fingerprint density at radius 2 is 1.95 bits per heavy atom. The maximum absolute atomic E-state index is 5.51. The van der Waals surface area contributed by atoms with Crippen molar-refractivity contribution in [3.8, 4) is 5.75 Å². The number of likely N-dealkylation sites (N-methyl/N-ethyl adjacent to an activating group) is 1. The summed E-state index contributed by atoms with van der Waals surface area (Å²) in [6.07, 6.45) is 4.34. The average molecular weight is 274 g/mol.